The third-order valence-electron chi connectivity index (χ3n) is 5.68. The molecule has 32 heavy (non-hydrogen) atoms. The van der Waals surface area contributed by atoms with Crippen LogP contribution in [0.4, 0.5) is 5.69 Å². The second-order valence-electron chi connectivity index (χ2n) is 7.63. The van der Waals surface area contributed by atoms with Crippen molar-refractivity contribution in [2.75, 3.05) is 19.0 Å². The summed E-state index contributed by atoms with van der Waals surface area (Å²) in [5.74, 6) is 1.38. The van der Waals surface area contributed by atoms with Gasteiger partial charge >= 0.3 is 0 Å². The van der Waals surface area contributed by atoms with Crippen LogP contribution in [0.1, 0.15) is 23.8 Å². The van der Waals surface area contributed by atoms with Gasteiger partial charge in [-0.05, 0) is 53.4 Å². The van der Waals surface area contributed by atoms with Crippen LogP contribution in [-0.2, 0) is 4.79 Å². The molecule has 0 aliphatic carbocycles. The molecule has 0 saturated carbocycles. The molecule has 2 heterocycles. The average Bonchev–Trinajstić information content (AvgIpc) is 3.53. The van der Waals surface area contributed by atoms with Gasteiger partial charge in [0, 0.05) is 17.5 Å². The molecule has 0 bridgehead atoms. The van der Waals surface area contributed by atoms with Crippen LogP contribution in [0.5, 0.6) is 5.75 Å². The van der Waals surface area contributed by atoms with Gasteiger partial charge < -0.3 is 14.5 Å². The minimum Gasteiger partial charge on any atom is -0.497 e. The molecule has 4 aromatic rings. The minimum atomic E-state index is -0.274. The molecule has 6 heteroatoms. The largest absolute Gasteiger partial charge is 0.497 e. The quantitative estimate of drug-likeness (QED) is 0.459. The van der Waals surface area contributed by atoms with E-state index in [1.165, 1.54) is 5.01 Å². The normalized spacial score (nSPS) is 15.6. The number of nitrogens with zero attached hydrogens (tertiary/aromatic N) is 2. The first-order valence-electron chi connectivity index (χ1n) is 10.5. The van der Waals surface area contributed by atoms with Gasteiger partial charge in [-0.1, -0.05) is 36.4 Å². The Labute approximate surface area is 186 Å². The number of amides is 1. The van der Waals surface area contributed by atoms with Gasteiger partial charge in [-0.25, -0.2) is 5.01 Å². The number of carbonyl (C=O) groups excluding carboxylic acids is 1. The standard InChI is InChI=1S/C26H23N3O3/c1-31-20-13-11-19(12-14-20)23-16-24(25-10-5-15-32-25)29(28-23)26(30)17-27-22-9-4-7-18-6-2-3-8-21(18)22/h2-15,24,27H,16-17H2,1H3/t24-/m0/s1. The van der Waals surface area contributed by atoms with Gasteiger partial charge in [0.15, 0.2) is 0 Å². The molecule has 0 spiro atoms. The highest BCUT2D eigenvalue weighted by atomic mass is 16.5. The van der Waals surface area contributed by atoms with E-state index in [2.05, 4.69) is 22.6 Å². The smallest absolute Gasteiger partial charge is 0.262 e. The number of furan rings is 1. The molecule has 1 N–H and O–H groups in total. The highest BCUT2D eigenvalue weighted by molar-refractivity contribution is 6.03. The summed E-state index contributed by atoms with van der Waals surface area (Å²) >= 11 is 0. The predicted molar refractivity (Wildman–Crippen MR) is 125 cm³/mol. The van der Waals surface area contributed by atoms with Crippen LogP contribution < -0.4 is 10.1 Å². The Balaban J connectivity index is 1.39. The zero-order valence-electron chi connectivity index (χ0n) is 17.7. The number of benzene rings is 3. The van der Waals surface area contributed by atoms with Crippen LogP contribution in [0.15, 0.2) is 94.6 Å². The van der Waals surface area contributed by atoms with E-state index in [4.69, 9.17) is 9.15 Å². The molecular weight excluding hydrogens is 402 g/mol. The molecule has 6 nitrogen and oxygen atoms in total. The fraction of sp³-hybridized carbons (Fsp3) is 0.154. The number of hydrogen-bond donors (Lipinski definition) is 1. The van der Waals surface area contributed by atoms with E-state index >= 15 is 0 Å². The lowest BCUT2D eigenvalue weighted by molar-refractivity contribution is -0.131. The Morgan fingerprint density at radius 1 is 1.06 bits per heavy atom. The Morgan fingerprint density at radius 2 is 1.88 bits per heavy atom. The number of anilines is 1. The predicted octanol–water partition coefficient (Wildman–Crippen LogP) is 5.23. The fourth-order valence-electron chi connectivity index (χ4n) is 4.03. The highest BCUT2D eigenvalue weighted by Gasteiger charge is 2.34. The summed E-state index contributed by atoms with van der Waals surface area (Å²) in [5, 5.41) is 11.7. The third kappa shape index (κ3) is 3.83. The first-order chi connectivity index (χ1) is 15.7. The topological polar surface area (TPSA) is 67.1 Å². The summed E-state index contributed by atoms with van der Waals surface area (Å²) in [6, 6.07) is 25.3. The van der Waals surface area contributed by atoms with Crippen molar-refractivity contribution in [3.05, 3.63) is 96.4 Å². The lowest BCUT2D eigenvalue weighted by Crippen LogP contribution is -2.32. The number of methoxy groups -OCH3 is 1. The molecule has 1 amide bonds. The Hall–Kier alpha value is -4.06. The SMILES string of the molecule is COc1ccc(C2=NN(C(=O)CNc3cccc4ccccc34)[C@H](c3ccco3)C2)cc1. The summed E-state index contributed by atoms with van der Waals surface area (Å²) in [7, 11) is 1.64. The molecule has 1 aliphatic heterocycles. The van der Waals surface area contributed by atoms with E-state index in [0.717, 1.165) is 39.2 Å². The zero-order chi connectivity index (χ0) is 21.9. The maximum atomic E-state index is 13.2. The van der Waals surface area contributed by atoms with Crippen LogP contribution >= 0.6 is 0 Å². The van der Waals surface area contributed by atoms with E-state index < -0.39 is 0 Å². The molecule has 160 valence electrons. The van der Waals surface area contributed by atoms with Gasteiger partial charge in [-0.2, -0.15) is 5.10 Å². The summed E-state index contributed by atoms with van der Waals surface area (Å²) in [4.78, 5) is 13.2. The van der Waals surface area contributed by atoms with E-state index in [0.29, 0.717) is 6.42 Å². The molecular formula is C26H23N3O3. The average molecular weight is 425 g/mol. The first kappa shape index (κ1) is 19.9. The first-order valence-corrected chi connectivity index (χ1v) is 10.5. The number of ether oxygens (including phenoxy) is 1. The Bertz CT molecular complexity index is 1260. The number of fused-ring (bicyclic) bond motifs is 1. The Kier molecular flexibility index (Phi) is 5.34. The van der Waals surface area contributed by atoms with Crippen molar-refractivity contribution >= 4 is 28.1 Å². The van der Waals surface area contributed by atoms with Crippen molar-refractivity contribution in [3.63, 3.8) is 0 Å². The number of hydrazone groups is 1. The summed E-state index contributed by atoms with van der Waals surface area (Å²) in [6.07, 6.45) is 2.21. The fourth-order valence-corrected chi connectivity index (χ4v) is 4.03. The van der Waals surface area contributed by atoms with Gasteiger partial charge in [0.05, 0.1) is 25.6 Å². The lowest BCUT2D eigenvalue weighted by atomic mass is 10.0. The lowest BCUT2D eigenvalue weighted by Gasteiger charge is -2.20. The molecule has 0 fully saturated rings. The Morgan fingerprint density at radius 3 is 2.66 bits per heavy atom. The molecule has 1 aromatic heterocycles. The number of hydrogen-bond acceptors (Lipinski definition) is 5. The van der Waals surface area contributed by atoms with Crippen LogP contribution in [0.3, 0.4) is 0 Å². The molecule has 0 radical (unpaired) electrons. The molecule has 5 rings (SSSR count). The van der Waals surface area contributed by atoms with Crippen LogP contribution in [0.2, 0.25) is 0 Å². The second kappa shape index (κ2) is 8.59. The molecule has 1 atom stereocenters. The molecule has 0 unspecified atom stereocenters. The van der Waals surface area contributed by atoms with Crippen molar-refractivity contribution in [1.29, 1.82) is 0 Å². The van der Waals surface area contributed by atoms with Crippen molar-refractivity contribution in [1.82, 2.24) is 5.01 Å². The summed E-state index contributed by atoms with van der Waals surface area (Å²) in [6.45, 7) is 0.130. The maximum Gasteiger partial charge on any atom is 0.262 e. The molecule has 1 aliphatic rings. The highest BCUT2D eigenvalue weighted by Crippen LogP contribution is 2.33. The number of carbonyl (C=O) groups is 1. The van der Waals surface area contributed by atoms with Gasteiger partial charge in [-0.15, -0.1) is 0 Å². The maximum absolute atomic E-state index is 13.2. The van der Waals surface area contributed by atoms with Crippen molar-refractivity contribution in [2.24, 2.45) is 5.10 Å². The van der Waals surface area contributed by atoms with Crippen molar-refractivity contribution in [2.45, 2.75) is 12.5 Å². The van der Waals surface area contributed by atoms with Gasteiger partial charge in [0.25, 0.3) is 5.91 Å². The van der Waals surface area contributed by atoms with E-state index in [-0.39, 0.29) is 18.5 Å². The van der Waals surface area contributed by atoms with Crippen LogP contribution in [0.25, 0.3) is 10.8 Å². The van der Waals surface area contributed by atoms with Crippen molar-refractivity contribution in [3.8, 4) is 5.75 Å². The molecule has 0 saturated heterocycles. The van der Waals surface area contributed by atoms with Gasteiger partial charge in [0.1, 0.15) is 17.6 Å². The van der Waals surface area contributed by atoms with E-state index in [1.54, 1.807) is 13.4 Å². The second-order valence-corrected chi connectivity index (χ2v) is 7.63. The third-order valence-corrected chi connectivity index (χ3v) is 5.68. The monoisotopic (exact) mass is 425 g/mol. The molecule has 3 aromatic carbocycles. The number of rotatable bonds is 6. The number of nitrogens with one attached hydrogen (secondary N) is 1. The van der Waals surface area contributed by atoms with Crippen LogP contribution in [-0.4, -0.2) is 30.3 Å². The van der Waals surface area contributed by atoms with Crippen molar-refractivity contribution < 1.29 is 13.9 Å². The zero-order valence-corrected chi connectivity index (χ0v) is 17.7. The van der Waals surface area contributed by atoms with E-state index in [1.807, 2.05) is 66.7 Å². The summed E-state index contributed by atoms with van der Waals surface area (Å²) in [5.41, 5.74) is 2.72. The van der Waals surface area contributed by atoms with Crippen LogP contribution in [0, 0.1) is 0 Å². The van der Waals surface area contributed by atoms with E-state index in [9.17, 15) is 4.79 Å². The minimum absolute atomic E-state index is 0.122. The van der Waals surface area contributed by atoms with Gasteiger partial charge in [-0.3, -0.25) is 4.79 Å². The van der Waals surface area contributed by atoms with Gasteiger partial charge in [0.2, 0.25) is 0 Å². The summed E-state index contributed by atoms with van der Waals surface area (Å²) < 4.78 is 10.9.